The molecule has 1 fully saturated rings. The van der Waals surface area contributed by atoms with Crippen molar-refractivity contribution in [2.45, 2.75) is 30.1 Å². The summed E-state index contributed by atoms with van der Waals surface area (Å²) in [6.45, 7) is 0.912. The molecule has 0 saturated heterocycles. The first-order valence-corrected chi connectivity index (χ1v) is 9.25. The first-order valence-electron chi connectivity index (χ1n) is 6.94. The lowest BCUT2D eigenvalue weighted by Crippen LogP contribution is -2.35. The maximum atomic E-state index is 12.2. The number of carbonyl (C=O) groups is 1. The van der Waals surface area contributed by atoms with Crippen molar-refractivity contribution < 1.29 is 17.9 Å². The number of ether oxygens (including phenoxy) is 1. The number of rotatable bonds is 4. The van der Waals surface area contributed by atoms with Gasteiger partial charge in [-0.2, -0.15) is 0 Å². The van der Waals surface area contributed by atoms with Crippen LogP contribution in [0.4, 0.5) is 0 Å². The third kappa shape index (κ3) is 3.01. The Labute approximate surface area is 128 Å². The van der Waals surface area contributed by atoms with E-state index in [1.165, 1.54) is 18.6 Å². The molecule has 7 heteroatoms. The molecule has 0 bridgehead atoms. The van der Waals surface area contributed by atoms with Crippen molar-refractivity contribution in [2.75, 3.05) is 13.2 Å². The van der Waals surface area contributed by atoms with E-state index < -0.39 is 15.0 Å². The standard InChI is InChI=1S/C14H16ClNO4S/c15-21(18,19)10-4-5-13-11(6-10)12(8-20-13)14(17)16-7-9-2-1-3-9/h4-6,9,12H,1-3,7-8H2,(H,16,17). The zero-order chi connectivity index (χ0) is 15.0. The van der Waals surface area contributed by atoms with E-state index in [0.29, 0.717) is 23.8 Å². The van der Waals surface area contributed by atoms with Crippen molar-refractivity contribution in [3.63, 3.8) is 0 Å². The van der Waals surface area contributed by atoms with Gasteiger partial charge in [-0.3, -0.25) is 4.79 Å². The second kappa shape index (κ2) is 5.50. The number of halogens is 1. The number of benzene rings is 1. The predicted octanol–water partition coefficient (Wildman–Crippen LogP) is 2.01. The molecule has 1 N–H and O–H groups in total. The lowest BCUT2D eigenvalue weighted by Gasteiger charge is -2.25. The summed E-state index contributed by atoms with van der Waals surface area (Å²) in [4.78, 5) is 12.2. The number of nitrogens with one attached hydrogen (secondary N) is 1. The fourth-order valence-electron chi connectivity index (χ4n) is 2.63. The lowest BCUT2D eigenvalue weighted by molar-refractivity contribution is -0.123. The summed E-state index contributed by atoms with van der Waals surface area (Å²) in [5, 5.41) is 2.92. The van der Waals surface area contributed by atoms with Gasteiger partial charge in [0, 0.05) is 22.8 Å². The van der Waals surface area contributed by atoms with E-state index in [2.05, 4.69) is 5.32 Å². The summed E-state index contributed by atoms with van der Waals surface area (Å²) < 4.78 is 28.2. The molecule has 5 nitrogen and oxygen atoms in total. The normalized spacial score (nSPS) is 21.3. The van der Waals surface area contributed by atoms with E-state index in [-0.39, 0.29) is 17.4 Å². The van der Waals surface area contributed by atoms with Gasteiger partial charge in [0.2, 0.25) is 5.91 Å². The summed E-state index contributed by atoms with van der Waals surface area (Å²) in [5.41, 5.74) is 0.586. The Kier molecular flexibility index (Phi) is 3.84. The maximum absolute atomic E-state index is 12.2. The number of amides is 1. The van der Waals surface area contributed by atoms with Crippen LogP contribution in [0, 0.1) is 5.92 Å². The molecule has 1 unspecified atom stereocenters. The molecule has 1 atom stereocenters. The first-order chi connectivity index (χ1) is 9.95. The average molecular weight is 330 g/mol. The Hall–Kier alpha value is -1.27. The van der Waals surface area contributed by atoms with Crippen molar-refractivity contribution in [3.8, 4) is 5.75 Å². The van der Waals surface area contributed by atoms with Gasteiger partial charge in [0.1, 0.15) is 18.3 Å². The zero-order valence-electron chi connectivity index (χ0n) is 11.3. The van der Waals surface area contributed by atoms with Crippen LogP contribution in [-0.2, 0) is 13.8 Å². The van der Waals surface area contributed by atoms with Crippen molar-refractivity contribution in [3.05, 3.63) is 23.8 Å². The monoisotopic (exact) mass is 329 g/mol. The van der Waals surface area contributed by atoms with Gasteiger partial charge >= 0.3 is 0 Å². The third-order valence-corrected chi connectivity index (χ3v) is 5.50. The molecule has 0 aromatic heterocycles. The molecule has 2 aliphatic rings. The minimum absolute atomic E-state index is 0.00907. The number of fused-ring (bicyclic) bond motifs is 1. The van der Waals surface area contributed by atoms with Crippen LogP contribution in [0.2, 0.25) is 0 Å². The van der Waals surface area contributed by atoms with Crippen LogP contribution < -0.4 is 10.1 Å². The van der Waals surface area contributed by atoms with Crippen molar-refractivity contribution in [1.82, 2.24) is 5.32 Å². The number of hydrogen-bond acceptors (Lipinski definition) is 4. The van der Waals surface area contributed by atoms with Gasteiger partial charge in [-0.1, -0.05) is 6.42 Å². The Balaban J connectivity index is 1.76. The van der Waals surface area contributed by atoms with Gasteiger partial charge in [0.05, 0.1) is 4.90 Å². The van der Waals surface area contributed by atoms with E-state index in [9.17, 15) is 13.2 Å². The minimum atomic E-state index is -3.81. The van der Waals surface area contributed by atoms with Gasteiger partial charge in [0.15, 0.2) is 0 Å². The van der Waals surface area contributed by atoms with Crippen molar-refractivity contribution in [1.29, 1.82) is 0 Å². The summed E-state index contributed by atoms with van der Waals surface area (Å²) in [6.07, 6.45) is 3.55. The summed E-state index contributed by atoms with van der Waals surface area (Å²) in [7, 11) is 1.54. The van der Waals surface area contributed by atoms with Crippen LogP contribution in [0.25, 0.3) is 0 Å². The smallest absolute Gasteiger partial charge is 0.261 e. The van der Waals surface area contributed by atoms with Crippen LogP contribution in [0.1, 0.15) is 30.7 Å². The molecule has 1 aliphatic heterocycles. The molecule has 21 heavy (non-hydrogen) atoms. The molecule has 1 heterocycles. The summed E-state index contributed by atoms with van der Waals surface area (Å²) in [5.74, 6) is 0.524. The third-order valence-electron chi connectivity index (χ3n) is 4.15. The molecule has 1 amide bonds. The van der Waals surface area contributed by atoms with Crippen LogP contribution >= 0.6 is 10.7 Å². The second-order valence-electron chi connectivity index (χ2n) is 5.54. The van der Waals surface area contributed by atoms with Crippen LogP contribution in [-0.4, -0.2) is 27.5 Å². The van der Waals surface area contributed by atoms with Crippen LogP contribution in [0.3, 0.4) is 0 Å². The highest BCUT2D eigenvalue weighted by Gasteiger charge is 2.32. The number of hydrogen-bond donors (Lipinski definition) is 1. The molecule has 1 aliphatic carbocycles. The molecular weight excluding hydrogens is 314 g/mol. The van der Waals surface area contributed by atoms with Gasteiger partial charge < -0.3 is 10.1 Å². The molecule has 1 aromatic rings. The molecule has 0 radical (unpaired) electrons. The minimum Gasteiger partial charge on any atom is -0.492 e. The van der Waals surface area contributed by atoms with Crippen LogP contribution in [0.15, 0.2) is 23.1 Å². The van der Waals surface area contributed by atoms with E-state index in [1.54, 1.807) is 6.07 Å². The first kappa shape index (κ1) is 14.7. The van der Waals surface area contributed by atoms with Crippen molar-refractivity contribution in [2.24, 2.45) is 5.92 Å². The lowest BCUT2D eigenvalue weighted by atomic mass is 9.85. The van der Waals surface area contributed by atoms with Gasteiger partial charge in [-0.05, 0) is 37.0 Å². The van der Waals surface area contributed by atoms with E-state index >= 15 is 0 Å². The Bertz CT molecular complexity index is 670. The zero-order valence-corrected chi connectivity index (χ0v) is 12.9. The SMILES string of the molecule is O=C(NCC1CCC1)C1COc2ccc(S(=O)(=O)Cl)cc21. The Morgan fingerprint density at radius 1 is 1.38 bits per heavy atom. The largest absolute Gasteiger partial charge is 0.492 e. The Morgan fingerprint density at radius 2 is 2.14 bits per heavy atom. The highest BCUT2D eigenvalue weighted by atomic mass is 35.7. The van der Waals surface area contributed by atoms with E-state index in [1.807, 2.05) is 0 Å². The highest BCUT2D eigenvalue weighted by Crippen LogP contribution is 2.36. The van der Waals surface area contributed by atoms with E-state index in [4.69, 9.17) is 15.4 Å². The quantitative estimate of drug-likeness (QED) is 0.858. The molecular formula is C14H16ClNO4S. The Morgan fingerprint density at radius 3 is 2.76 bits per heavy atom. The molecule has 1 aromatic carbocycles. The van der Waals surface area contributed by atoms with Crippen LogP contribution in [0.5, 0.6) is 5.75 Å². The molecule has 1 saturated carbocycles. The molecule has 0 spiro atoms. The number of carbonyl (C=O) groups excluding carboxylic acids is 1. The van der Waals surface area contributed by atoms with Gasteiger partial charge in [-0.15, -0.1) is 0 Å². The summed E-state index contributed by atoms with van der Waals surface area (Å²) >= 11 is 0. The fourth-order valence-corrected chi connectivity index (χ4v) is 3.41. The molecule has 3 rings (SSSR count). The summed E-state index contributed by atoms with van der Waals surface area (Å²) in [6, 6.07) is 4.36. The average Bonchev–Trinajstić information content (AvgIpc) is 2.78. The maximum Gasteiger partial charge on any atom is 0.261 e. The van der Waals surface area contributed by atoms with E-state index in [0.717, 1.165) is 12.8 Å². The van der Waals surface area contributed by atoms with Gasteiger partial charge in [0.25, 0.3) is 9.05 Å². The van der Waals surface area contributed by atoms with Gasteiger partial charge in [-0.25, -0.2) is 8.42 Å². The van der Waals surface area contributed by atoms with Crippen molar-refractivity contribution >= 4 is 25.6 Å². The fraction of sp³-hybridized carbons (Fsp3) is 0.500. The predicted molar refractivity (Wildman–Crippen MR) is 78.1 cm³/mol. The molecule has 114 valence electrons. The topological polar surface area (TPSA) is 72.5 Å². The highest BCUT2D eigenvalue weighted by molar-refractivity contribution is 8.13. The second-order valence-corrected chi connectivity index (χ2v) is 8.11.